The fourth-order valence-electron chi connectivity index (χ4n) is 4.36. The van der Waals surface area contributed by atoms with E-state index in [1.165, 1.54) is 0 Å². The fourth-order valence-corrected chi connectivity index (χ4v) is 4.36. The lowest BCUT2D eigenvalue weighted by Crippen LogP contribution is -2.27. The maximum atomic E-state index is 11.3. The molecule has 0 spiro atoms. The average molecular weight is 420 g/mol. The topological polar surface area (TPSA) is 82.4 Å². The average Bonchev–Trinajstić information content (AvgIpc) is 3.44. The van der Waals surface area contributed by atoms with Crippen molar-refractivity contribution in [1.29, 1.82) is 5.26 Å². The number of ketones is 1. The van der Waals surface area contributed by atoms with E-state index in [1.807, 2.05) is 18.2 Å². The van der Waals surface area contributed by atoms with Gasteiger partial charge in [0.05, 0.1) is 18.5 Å². The minimum absolute atomic E-state index is 0.0636. The third-order valence-electron chi connectivity index (χ3n) is 6.10. The van der Waals surface area contributed by atoms with Gasteiger partial charge in [-0.1, -0.05) is 19.1 Å². The van der Waals surface area contributed by atoms with Crippen LogP contribution in [0.1, 0.15) is 44.6 Å². The van der Waals surface area contributed by atoms with E-state index in [1.54, 1.807) is 13.1 Å². The predicted molar refractivity (Wildman–Crippen MR) is 119 cm³/mol. The van der Waals surface area contributed by atoms with Crippen LogP contribution in [0, 0.1) is 17.2 Å². The number of anilines is 2. The molecule has 7 heteroatoms. The van der Waals surface area contributed by atoms with Gasteiger partial charge in [-0.2, -0.15) is 10.2 Å². The van der Waals surface area contributed by atoms with Crippen molar-refractivity contribution in [2.75, 3.05) is 36.0 Å². The normalized spacial score (nSPS) is 21.7. The molecule has 162 valence electrons. The third kappa shape index (κ3) is 5.13. The Balaban J connectivity index is 1.34. The first-order chi connectivity index (χ1) is 15.0. The van der Waals surface area contributed by atoms with Gasteiger partial charge < -0.3 is 19.3 Å². The number of benzene rings is 1. The highest BCUT2D eigenvalue weighted by molar-refractivity contribution is 5.76. The van der Waals surface area contributed by atoms with E-state index >= 15 is 0 Å². The summed E-state index contributed by atoms with van der Waals surface area (Å²) in [6.07, 6.45) is 4.27. The Labute approximate surface area is 183 Å². The molecule has 31 heavy (non-hydrogen) atoms. The molecule has 1 aromatic carbocycles. The molecule has 3 atom stereocenters. The Morgan fingerprint density at radius 1 is 1.19 bits per heavy atom. The number of hydrogen-bond acceptors (Lipinski definition) is 7. The predicted octanol–water partition coefficient (Wildman–Crippen LogP) is 3.57. The number of hydrogen-bond donors (Lipinski definition) is 0. The highest BCUT2D eigenvalue weighted by Gasteiger charge is 2.27. The number of ether oxygens (including phenoxy) is 1. The number of carbonyl (C=O) groups is 1. The molecule has 0 radical (unpaired) electrons. The summed E-state index contributed by atoms with van der Waals surface area (Å²) in [5, 5.41) is 9.13. The van der Waals surface area contributed by atoms with Crippen molar-refractivity contribution < 1.29 is 9.53 Å². The maximum Gasteiger partial charge on any atom is 0.227 e. The number of nitriles is 1. The maximum absolute atomic E-state index is 11.3. The van der Waals surface area contributed by atoms with Crippen LogP contribution < -0.4 is 14.5 Å². The molecular formula is C24H29N5O2. The first-order valence-corrected chi connectivity index (χ1v) is 11.0. The third-order valence-corrected chi connectivity index (χ3v) is 6.10. The number of rotatable bonds is 7. The lowest BCUT2D eigenvalue weighted by molar-refractivity contribution is -0.117. The molecule has 2 aliphatic heterocycles. The first-order valence-electron chi connectivity index (χ1n) is 11.0. The molecule has 0 bridgehead atoms. The molecule has 2 aliphatic rings. The van der Waals surface area contributed by atoms with Crippen LogP contribution in [0.15, 0.2) is 36.5 Å². The SMILES string of the molecule is CC(=O)C[C@@H](C)c1ccc(O[C@@H]2CCN(c3ccnc(N4CCC(C#N)C4)n3)C2)cc1. The second-order valence-corrected chi connectivity index (χ2v) is 8.63. The lowest BCUT2D eigenvalue weighted by Gasteiger charge is -2.21. The molecular weight excluding hydrogens is 390 g/mol. The Bertz CT molecular complexity index is 955. The number of Topliss-reactive ketones (excluding diaryl/α,β-unsaturated/α-hetero) is 1. The Morgan fingerprint density at radius 3 is 2.68 bits per heavy atom. The second kappa shape index (κ2) is 9.34. The van der Waals surface area contributed by atoms with E-state index < -0.39 is 0 Å². The van der Waals surface area contributed by atoms with Gasteiger partial charge in [-0.15, -0.1) is 0 Å². The van der Waals surface area contributed by atoms with Crippen molar-refractivity contribution in [2.45, 2.75) is 45.1 Å². The Morgan fingerprint density at radius 2 is 1.97 bits per heavy atom. The van der Waals surface area contributed by atoms with Crippen molar-refractivity contribution in [3.05, 3.63) is 42.1 Å². The van der Waals surface area contributed by atoms with Crippen LogP contribution in [0.3, 0.4) is 0 Å². The fraction of sp³-hybridized carbons (Fsp3) is 0.500. The van der Waals surface area contributed by atoms with Gasteiger partial charge in [0.2, 0.25) is 5.95 Å². The zero-order valence-electron chi connectivity index (χ0n) is 18.2. The molecule has 3 heterocycles. The van der Waals surface area contributed by atoms with Crippen molar-refractivity contribution in [1.82, 2.24) is 9.97 Å². The monoisotopic (exact) mass is 419 g/mol. The zero-order valence-corrected chi connectivity index (χ0v) is 18.2. The Kier molecular flexibility index (Phi) is 6.36. The Hall–Kier alpha value is -3.14. The van der Waals surface area contributed by atoms with Gasteiger partial charge in [-0.3, -0.25) is 0 Å². The minimum atomic E-state index is 0.0636. The van der Waals surface area contributed by atoms with Crippen LogP contribution in [0.5, 0.6) is 5.75 Å². The molecule has 7 nitrogen and oxygen atoms in total. The van der Waals surface area contributed by atoms with E-state index in [-0.39, 0.29) is 23.7 Å². The lowest BCUT2D eigenvalue weighted by atomic mass is 9.96. The summed E-state index contributed by atoms with van der Waals surface area (Å²) in [5.74, 6) is 2.96. The smallest absolute Gasteiger partial charge is 0.227 e. The molecule has 0 aliphatic carbocycles. The van der Waals surface area contributed by atoms with Crippen molar-refractivity contribution in [3.8, 4) is 11.8 Å². The van der Waals surface area contributed by atoms with E-state index in [4.69, 9.17) is 15.0 Å². The van der Waals surface area contributed by atoms with E-state index in [2.05, 4.69) is 39.9 Å². The van der Waals surface area contributed by atoms with E-state index in [9.17, 15) is 4.79 Å². The van der Waals surface area contributed by atoms with Gasteiger partial charge in [0.1, 0.15) is 23.5 Å². The highest BCUT2D eigenvalue weighted by Crippen LogP contribution is 2.27. The summed E-state index contributed by atoms with van der Waals surface area (Å²) in [6, 6.07) is 12.4. The molecule has 4 rings (SSSR count). The van der Waals surface area contributed by atoms with E-state index in [0.717, 1.165) is 49.6 Å². The van der Waals surface area contributed by atoms with Crippen LogP contribution in [0.2, 0.25) is 0 Å². The zero-order chi connectivity index (χ0) is 21.8. The van der Waals surface area contributed by atoms with E-state index in [0.29, 0.717) is 18.9 Å². The summed E-state index contributed by atoms with van der Waals surface area (Å²) in [4.78, 5) is 24.8. The summed E-state index contributed by atoms with van der Waals surface area (Å²) < 4.78 is 6.20. The molecule has 1 unspecified atom stereocenters. The quantitative estimate of drug-likeness (QED) is 0.678. The second-order valence-electron chi connectivity index (χ2n) is 8.63. The van der Waals surface area contributed by atoms with Gasteiger partial charge in [0.15, 0.2) is 0 Å². The molecule has 2 fully saturated rings. The van der Waals surface area contributed by atoms with Crippen LogP contribution >= 0.6 is 0 Å². The summed E-state index contributed by atoms with van der Waals surface area (Å²) in [5.41, 5.74) is 1.16. The number of aromatic nitrogens is 2. The highest BCUT2D eigenvalue weighted by atomic mass is 16.5. The standard InChI is InChI=1S/C24H29N5O2/c1-17(13-18(2)30)20-3-5-21(6-4-20)31-22-9-12-28(16-22)23-7-10-26-24(27-23)29-11-8-19(14-25)15-29/h3-7,10,17,19,22H,8-9,11-13,15-16H2,1-2H3/t17-,19?,22-/m1/s1. The van der Waals surface area contributed by atoms with Gasteiger partial charge in [-0.25, -0.2) is 4.98 Å². The van der Waals surface area contributed by atoms with Gasteiger partial charge in [-0.05, 0) is 43.0 Å². The molecule has 2 aromatic rings. The summed E-state index contributed by atoms with van der Waals surface area (Å²) in [6.45, 7) is 6.90. The van der Waals surface area contributed by atoms with Crippen molar-refractivity contribution in [3.63, 3.8) is 0 Å². The number of nitrogens with zero attached hydrogens (tertiary/aromatic N) is 5. The van der Waals surface area contributed by atoms with Crippen LogP contribution in [0.25, 0.3) is 0 Å². The summed E-state index contributed by atoms with van der Waals surface area (Å²) >= 11 is 0. The first kappa shape index (κ1) is 21.1. The summed E-state index contributed by atoms with van der Waals surface area (Å²) in [7, 11) is 0. The molecule has 0 N–H and O–H groups in total. The molecule has 2 saturated heterocycles. The van der Waals surface area contributed by atoms with Crippen LogP contribution in [0.4, 0.5) is 11.8 Å². The number of carbonyl (C=O) groups excluding carboxylic acids is 1. The molecule has 0 amide bonds. The van der Waals surface area contributed by atoms with Gasteiger partial charge in [0, 0.05) is 38.7 Å². The molecule has 1 aromatic heterocycles. The van der Waals surface area contributed by atoms with Crippen molar-refractivity contribution in [2.24, 2.45) is 5.92 Å². The van der Waals surface area contributed by atoms with Crippen LogP contribution in [-0.4, -0.2) is 48.0 Å². The van der Waals surface area contributed by atoms with Gasteiger partial charge in [0.25, 0.3) is 0 Å². The van der Waals surface area contributed by atoms with Crippen molar-refractivity contribution >= 4 is 17.5 Å². The van der Waals surface area contributed by atoms with Gasteiger partial charge >= 0.3 is 0 Å². The largest absolute Gasteiger partial charge is 0.489 e. The minimum Gasteiger partial charge on any atom is -0.489 e. The molecule has 0 saturated carbocycles. The van der Waals surface area contributed by atoms with Crippen LogP contribution in [-0.2, 0) is 4.79 Å².